The van der Waals surface area contributed by atoms with E-state index < -0.39 is 0 Å². The molecule has 0 aliphatic rings. The zero-order valence-electron chi connectivity index (χ0n) is 11.6. The molecule has 1 atom stereocenters. The van der Waals surface area contributed by atoms with Crippen molar-refractivity contribution in [2.24, 2.45) is 0 Å². The molecule has 0 bridgehead atoms. The Morgan fingerprint density at radius 1 is 1.40 bits per heavy atom. The van der Waals surface area contributed by atoms with Gasteiger partial charge < -0.3 is 14.6 Å². The molecular formula is C15H17N3O2. The second-order valence-electron chi connectivity index (χ2n) is 4.55. The lowest BCUT2D eigenvalue weighted by Gasteiger charge is -2.13. The average Bonchev–Trinajstić information content (AvgIpc) is 2.89. The number of hydrogen-bond acceptors (Lipinski definition) is 5. The van der Waals surface area contributed by atoms with E-state index in [0.717, 1.165) is 17.0 Å². The van der Waals surface area contributed by atoms with E-state index in [-0.39, 0.29) is 12.6 Å². The fourth-order valence-electron chi connectivity index (χ4n) is 1.84. The highest BCUT2D eigenvalue weighted by molar-refractivity contribution is 5.29. The Hall–Kier alpha value is -2.32. The van der Waals surface area contributed by atoms with Crippen molar-refractivity contribution in [3.05, 3.63) is 47.3 Å². The summed E-state index contributed by atoms with van der Waals surface area (Å²) in [6, 6.07) is 11.7. The van der Waals surface area contributed by atoms with E-state index >= 15 is 0 Å². The van der Waals surface area contributed by atoms with Gasteiger partial charge in [-0.05, 0) is 31.5 Å². The molecule has 1 unspecified atom stereocenters. The van der Waals surface area contributed by atoms with Crippen LogP contribution in [0.3, 0.4) is 0 Å². The molecule has 1 aromatic carbocycles. The van der Waals surface area contributed by atoms with Crippen molar-refractivity contribution in [3.63, 3.8) is 0 Å². The topological polar surface area (TPSA) is 71.1 Å². The van der Waals surface area contributed by atoms with Gasteiger partial charge in [0.1, 0.15) is 11.8 Å². The van der Waals surface area contributed by atoms with E-state index in [1.807, 2.05) is 43.3 Å². The van der Waals surface area contributed by atoms with Gasteiger partial charge in [0.2, 0.25) is 0 Å². The maximum Gasteiger partial charge on any atom is 0.174 e. The summed E-state index contributed by atoms with van der Waals surface area (Å²) in [4.78, 5) is 0. The van der Waals surface area contributed by atoms with Gasteiger partial charge in [0.25, 0.3) is 0 Å². The number of aromatic nitrogens is 1. The molecular weight excluding hydrogens is 254 g/mol. The van der Waals surface area contributed by atoms with Gasteiger partial charge >= 0.3 is 0 Å². The van der Waals surface area contributed by atoms with Crippen LogP contribution >= 0.6 is 0 Å². The highest BCUT2D eigenvalue weighted by Crippen LogP contribution is 2.18. The van der Waals surface area contributed by atoms with E-state index in [1.165, 1.54) is 0 Å². The van der Waals surface area contributed by atoms with E-state index in [9.17, 15) is 0 Å². The first-order valence-corrected chi connectivity index (χ1v) is 6.44. The highest BCUT2D eigenvalue weighted by atomic mass is 16.5. The molecule has 0 aliphatic carbocycles. The minimum atomic E-state index is 0.0675. The summed E-state index contributed by atoms with van der Waals surface area (Å²) < 4.78 is 10.4. The molecule has 5 heteroatoms. The van der Waals surface area contributed by atoms with Crippen LogP contribution in [-0.2, 0) is 6.54 Å². The first kappa shape index (κ1) is 14.1. The van der Waals surface area contributed by atoms with Crippen LogP contribution in [0.2, 0.25) is 0 Å². The van der Waals surface area contributed by atoms with Crippen LogP contribution in [-0.4, -0.2) is 11.8 Å². The minimum Gasteiger partial charge on any atom is -0.479 e. The molecule has 2 aromatic rings. The average molecular weight is 271 g/mol. The third-order valence-corrected chi connectivity index (χ3v) is 2.94. The van der Waals surface area contributed by atoms with Crippen molar-refractivity contribution in [3.8, 4) is 11.8 Å². The smallest absolute Gasteiger partial charge is 0.174 e. The molecule has 104 valence electrons. The summed E-state index contributed by atoms with van der Waals surface area (Å²) in [7, 11) is 0. The van der Waals surface area contributed by atoms with Gasteiger partial charge in [-0.25, -0.2) is 0 Å². The van der Waals surface area contributed by atoms with Crippen molar-refractivity contribution < 1.29 is 9.26 Å². The van der Waals surface area contributed by atoms with E-state index in [1.54, 1.807) is 0 Å². The minimum absolute atomic E-state index is 0.0675. The predicted molar refractivity (Wildman–Crippen MR) is 74.0 cm³/mol. The summed E-state index contributed by atoms with van der Waals surface area (Å²) in [5.74, 6) is 1.52. The molecule has 1 aromatic heterocycles. The van der Waals surface area contributed by atoms with Gasteiger partial charge in [0.15, 0.2) is 12.4 Å². The molecule has 0 radical (unpaired) electrons. The lowest BCUT2D eigenvalue weighted by atomic mass is 10.1. The zero-order chi connectivity index (χ0) is 14.4. The Bertz CT molecular complexity index is 584. The Morgan fingerprint density at radius 2 is 2.15 bits per heavy atom. The molecule has 0 aliphatic heterocycles. The molecule has 2 rings (SSSR count). The molecule has 0 saturated carbocycles. The Balaban J connectivity index is 1.88. The normalized spacial score (nSPS) is 11.8. The first-order chi connectivity index (χ1) is 9.69. The maximum atomic E-state index is 8.45. The van der Waals surface area contributed by atoms with Crippen molar-refractivity contribution in [1.82, 2.24) is 10.5 Å². The molecule has 5 nitrogen and oxygen atoms in total. The van der Waals surface area contributed by atoms with Crippen LogP contribution < -0.4 is 10.1 Å². The molecule has 0 fully saturated rings. The molecule has 1 heterocycles. The van der Waals surface area contributed by atoms with Gasteiger partial charge in [-0.15, -0.1) is 0 Å². The van der Waals surface area contributed by atoms with E-state index in [0.29, 0.717) is 12.3 Å². The summed E-state index contributed by atoms with van der Waals surface area (Å²) in [5, 5.41) is 15.7. The molecule has 1 N–H and O–H groups in total. The summed E-state index contributed by atoms with van der Waals surface area (Å²) in [6.45, 7) is 4.68. The summed E-state index contributed by atoms with van der Waals surface area (Å²) in [5.41, 5.74) is 2.03. The second-order valence-corrected chi connectivity index (χ2v) is 4.55. The number of benzene rings is 1. The Labute approximate surface area is 118 Å². The van der Waals surface area contributed by atoms with Gasteiger partial charge in [-0.3, -0.25) is 0 Å². The number of aryl methyl sites for hydroxylation is 1. The maximum absolute atomic E-state index is 8.45. The fourth-order valence-corrected chi connectivity index (χ4v) is 1.84. The molecule has 0 saturated heterocycles. The monoisotopic (exact) mass is 271 g/mol. The molecule has 0 spiro atoms. The van der Waals surface area contributed by atoms with Crippen LogP contribution in [0.4, 0.5) is 0 Å². The third-order valence-electron chi connectivity index (χ3n) is 2.94. The van der Waals surface area contributed by atoms with Crippen LogP contribution in [0.1, 0.15) is 30.0 Å². The summed E-state index contributed by atoms with van der Waals surface area (Å²) >= 11 is 0. The van der Waals surface area contributed by atoms with Crippen molar-refractivity contribution >= 4 is 0 Å². The van der Waals surface area contributed by atoms with Crippen LogP contribution in [0.5, 0.6) is 5.75 Å². The Morgan fingerprint density at radius 3 is 2.75 bits per heavy atom. The fraction of sp³-hybridized carbons (Fsp3) is 0.333. The predicted octanol–water partition coefficient (Wildman–Crippen LogP) is 2.74. The van der Waals surface area contributed by atoms with Crippen LogP contribution in [0.25, 0.3) is 0 Å². The molecule has 20 heavy (non-hydrogen) atoms. The quantitative estimate of drug-likeness (QED) is 0.874. The van der Waals surface area contributed by atoms with Gasteiger partial charge in [0, 0.05) is 12.1 Å². The third kappa shape index (κ3) is 3.84. The number of hydrogen-bond donors (Lipinski definition) is 1. The van der Waals surface area contributed by atoms with Crippen LogP contribution in [0, 0.1) is 18.3 Å². The van der Waals surface area contributed by atoms with E-state index in [2.05, 4.69) is 17.4 Å². The van der Waals surface area contributed by atoms with Crippen LogP contribution in [0.15, 0.2) is 34.9 Å². The van der Waals surface area contributed by atoms with Gasteiger partial charge in [0.05, 0.1) is 12.2 Å². The number of nitrogens with zero attached hydrogens (tertiary/aromatic N) is 2. The summed E-state index contributed by atoms with van der Waals surface area (Å²) in [6.07, 6.45) is 0. The second kappa shape index (κ2) is 6.73. The van der Waals surface area contributed by atoms with Crippen molar-refractivity contribution in [2.45, 2.75) is 26.4 Å². The zero-order valence-corrected chi connectivity index (χ0v) is 11.6. The lowest BCUT2D eigenvalue weighted by molar-refractivity contribution is 0.362. The lowest BCUT2D eigenvalue weighted by Crippen LogP contribution is -2.17. The largest absolute Gasteiger partial charge is 0.479 e. The molecule has 0 amide bonds. The standard InChI is InChI=1S/C15H17N3O2/c1-11-9-15(20-18-11)10-17-12(2)13-3-5-14(6-4-13)19-8-7-16/h3-6,9,12,17H,8,10H2,1-2H3. The number of nitrogens with one attached hydrogen (secondary N) is 1. The van der Waals surface area contributed by atoms with E-state index in [4.69, 9.17) is 14.5 Å². The SMILES string of the molecule is Cc1cc(CNC(C)c2ccc(OCC#N)cc2)on1. The number of nitriles is 1. The van der Waals surface area contributed by atoms with Crippen molar-refractivity contribution in [2.75, 3.05) is 6.61 Å². The Kier molecular flexibility index (Phi) is 4.75. The van der Waals surface area contributed by atoms with Gasteiger partial charge in [-0.1, -0.05) is 17.3 Å². The van der Waals surface area contributed by atoms with Gasteiger partial charge in [-0.2, -0.15) is 5.26 Å². The van der Waals surface area contributed by atoms with Crippen molar-refractivity contribution in [1.29, 1.82) is 5.26 Å². The first-order valence-electron chi connectivity index (χ1n) is 6.44. The number of rotatable bonds is 6. The highest BCUT2D eigenvalue weighted by Gasteiger charge is 2.07. The number of ether oxygens (including phenoxy) is 1.